The summed E-state index contributed by atoms with van der Waals surface area (Å²) in [6, 6.07) is 5.63. The number of aromatic nitrogens is 1. The number of pyridine rings is 1. The lowest BCUT2D eigenvalue weighted by Crippen LogP contribution is -2.29. The Morgan fingerprint density at radius 1 is 1.27 bits per heavy atom. The van der Waals surface area contributed by atoms with Gasteiger partial charge in [-0.2, -0.15) is 0 Å². The van der Waals surface area contributed by atoms with Crippen LogP contribution < -0.4 is 0 Å². The van der Waals surface area contributed by atoms with Crippen molar-refractivity contribution in [1.82, 2.24) is 9.88 Å². The van der Waals surface area contributed by atoms with E-state index in [0.29, 0.717) is 5.69 Å². The molecule has 0 bridgehead atoms. The highest BCUT2D eigenvalue weighted by molar-refractivity contribution is 5.71. The van der Waals surface area contributed by atoms with Crippen LogP contribution in [0, 0.1) is 0 Å². The fourth-order valence-corrected chi connectivity index (χ4v) is 2.00. The van der Waals surface area contributed by atoms with Crippen molar-refractivity contribution >= 4 is 6.29 Å². The number of hydrogen-bond donors (Lipinski definition) is 0. The fourth-order valence-electron chi connectivity index (χ4n) is 2.00. The zero-order valence-corrected chi connectivity index (χ0v) is 8.85. The van der Waals surface area contributed by atoms with Gasteiger partial charge in [-0.3, -0.25) is 9.69 Å². The number of hydrogen-bond acceptors (Lipinski definition) is 3. The van der Waals surface area contributed by atoms with Crippen LogP contribution in [0.1, 0.15) is 35.4 Å². The molecule has 1 aliphatic rings. The second kappa shape index (κ2) is 5.03. The summed E-state index contributed by atoms with van der Waals surface area (Å²) in [6.45, 7) is 3.20. The van der Waals surface area contributed by atoms with Gasteiger partial charge in [0.15, 0.2) is 6.29 Å². The Kier molecular flexibility index (Phi) is 3.45. The van der Waals surface area contributed by atoms with Crippen LogP contribution in [0.3, 0.4) is 0 Å². The van der Waals surface area contributed by atoms with E-state index in [1.165, 1.54) is 19.3 Å². The van der Waals surface area contributed by atoms with Gasteiger partial charge in [0.2, 0.25) is 0 Å². The smallest absolute Gasteiger partial charge is 0.168 e. The average Bonchev–Trinajstić information content (AvgIpc) is 2.31. The third kappa shape index (κ3) is 2.86. The number of likely N-dealkylation sites (tertiary alicyclic amines) is 1. The Labute approximate surface area is 90.1 Å². The van der Waals surface area contributed by atoms with E-state index in [1.807, 2.05) is 12.1 Å². The summed E-state index contributed by atoms with van der Waals surface area (Å²) in [7, 11) is 0. The number of carbonyl (C=O) groups excluding carboxylic acids is 1. The first-order valence-corrected chi connectivity index (χ1v) is 5.52. The Morgan fingerprint density at radius 2 is 2.07 bits per heavy atom. The first kappa shape index (κ1) is 10.3. The lowest BCUT2D eigenvalue weighted by atomic mass is 10.1. The first-order valence-electron chi connectivity index (χ1n) is 5.52. The lowest BCUT2D eigenvalue weighted by molar-refractivity contribution is 0.111. The zero-order chi connectivity index (χ0) is 10.5. The van der Waals surface area contributed by atoms with Crippen LogP contribution in [-0.4, -0.2) is 29.3 Å². The monoisotopic (exact) mass is 204 g/mol. The summed E-state index contributed by atoms with van der Waals surface area (Å²) in [6.07, 6.45) is 4.72. The molecule has 80 valence electrons. The Bertz CT molecular complexity index is 332. The van der Waals surface area contributed by atoms with Crippen LogP contribution in [0.4, 0.5) is 0 Å². The fraction of sp³-hybridized carbons (Fsp3) is 0.500. The molecule has 0 aliphatic carbocycles. The minimum atomic E-state index is 0.532. The van der Waals surface area contributed by atoms with E-state index >= 15 is 0 Å². The van der Waals surface area contributed by atoms with Gasteiger partial charge in [-0.05, 0) is 38.1 Å². The molecule has 15 heavy (non-hydrogen) atoms. The van der Waals surface area contributed by atoms with E-state index in [-0.39, 0.29) is 0 Å². The van der Waals surface area contributed by atoms with E-state index in [2.05, 4.69) is 9.88 Å². The predicted molar refractivity (Wildman–Crippen MR) is 58.8 cm³/mol. The summed E-state index contributed by atoms with van der Waals surface area (Å²) < 4.78 is 0. The molecule has 0 spiro atoms. The summed E-state index contributed by atoms with van der Waals surface area (Å²) in [5.41, 5.74) is 1.53. The molecule has 0 aromatic carbocycles. The van der Waals surface area contributed by atoms with Crippen LogP contribution in [0.15, 0.2) is 18.2 Å². The van der Waals surface area contributed by atoms with Crippen LogP contribution in [0.2, 0.25) is 0 Å². The van der Waals surface area contributed by atoms with E-state index < -0.39 is 0 Å². The normalized spacial score (nSPS) is 17.6. The summed E-state index contributed by atoms with van der Waals surface area (Å²) in [4.78, 5) is 17.3. The standard InChI is InChI=1S/C12H16N2O/c15-10-12-6-4-5-11(13-12)9-14-7-2-1-3-8-14/h4-6,10H,1-3,7-9H2. The molecule has 2 heterocycles. The van der Waals surface area contributed by atoms with Crippen molar-refractivity contribution in [1.29, 1.82) is 0 Å². The van der Waals surface area contributed by atoms with Crippen molar-refractivity contribution in [3.63, 3.8) is 0 Å². The molecular formula is C12H16N2O. The van der Waals surface area contributed by atoms with Gasteiger partial charge in [0, 0.05) is 6.54 Å². The third-order valence-electron chi connectivity index (χ3n) is 2.78. The van der Waals surface area contributed by atoms with Crippen molar-refractivity contribution in [2.24, 2.45) is 0 Å². The average molecular weight is 204 g/mol. The van der Waals surface area contributed by atoms with Gasteiger partial charge in [0.1, 0.15) is 5.69 Å². The predicted octanol–water partition coefficient (Wildman–Crippen LogP) is 1.88. The van der Waals surface area contributed by atoms with Crippen molar-refractivity contribution in [3.05, 3.63) is 29.6 Å². The van der Waals surface area contributed by atoms with Gasteiger partial charge in [-0.1, -0.05) is 12.5 Å². The minimum absolute atomic E-state index is 0.532. The molecule has 0 saturated carbocycles. The molecule has 0 radical (unpaired) electrons. The molecule has 1 aliphatic heterocycles. The molecule has 0 unspecified atom stereocenters. The summed E-state index contributed by atoms with van der Waals surface area (Å²) in [5, 5.41) is 0. The highest BCUT2D eigenvalue weighted by atomic mass is 16.1. The lowest BCUT2D eigenvalue weighted by Gasteiger charge is -2.25. The van der Waals surface area contributed by atoms with Gasteiger partial charge in [0.25, 0.3) is 0 Å². The van der Waals surface area contributed by atoms with Crippen molar-refractivity contribution < 1.29 is 4.79 Å². The highest BCUT2D eigenvalue weighted by Gasteiger charge is 2.10. The molecule has 1 aromatic rings. The van der Waals surface area contributed by atoms with Gasteiger partial charge in [0.05, 0.1) is 5.69 Å². The topological polar surface area (TPSA) is 33.2 Å². The van der Waals surface area contributed by atoms with E-state index in [0.717, 1.165) is 31.6 Å². The maximum Gasteiger partial charge on any atom is 0.168 e. The molecule has 0 amide bonds. The molecule has 3 heteroatoms. The van der Waals surface area contributed by atoms with Crippen LogP contribution in [0.25, 0.3) is 0 Å². The number of carbonyl (C=O) groups is 1. The zero-order valence-electron chi connectivity index (χ0n) is 8.85. The van der Waals surface area contributed by atoms with E-state index in [9.17, 15) is 4.79 Å². The largest absolute Gasteiger partial charge is 0.298 e. The van der Waals surface area contributed by atoms with E-state index in [4.69, 9.17) is 0 Å². The molecular weight excluding hydrogens is 188 g/mol. The number of piperidine rings is 1. The SMILES string of the molecule is O=Cc1cccc(CN2CCCCC2)n1. The van der Waals surface area contributed by atoms with Crippen molar-refractivity contribution in [2.75, 3.05) is 13.1 Å². The Balaban J connectivity index is 1.99. The number of aldehydes is 1. The second-order valence-corrected chi connectivity index (χ2v) is 4.01. The van der Waals surface area contributed by atoms with Crippen molar-refractivity contribution in [2.45, 2.75) is 25.8 Å². The molecule has 0 N–H and O–H groups in total. The van der Waals surface area contributed by atoms with Gasteiger partial charge in [-0.25, -0.2) is 4.98 Å². The van der Waals surface area contributed by atoms with E-state index in [1.54, 1.807) is 6.07 Å². The van der Waals surface area contributed by atoms with Gasteiger partial charge >= 0.3 is 0 Å². The highest BCUT2D eigenvalue weighted by Crippen LogP contribution is 2.11. The third-order valence-corrected chi connectivity index (χ3v) is 2.78. The number of nitrogens with zero attached hydrogens (tertiary/aromatic N) is 2. The minimum Gasteiger partial charge on any atom is -0.298 e. The quantitative estimate of drug-likeness (QED) is 0.705. The molecule has 3 nitrogen and oxygen atoms in total. The van der Waals surface area contributed by atoms with Crippen LogP contribution >= 0.6 is 0 Å². The van der Waals surface area contributed by atoms with Crippen LogP contribution in [0.5, 0.6) is 0 Å². The molecule has 1 aromatic heterocycles. The van der Waals surface area contributed by atoms with Gasteiger partial charge < -0.3 is 0 Å². The molecule has 1 saturated heterocycles. The maximum absolute atomic E-state index is 10.6. The summed E-state index contributed by atoms with van der Waals surface area (Å²) in [5.74, 6) is 0. The summed E-state index contributed by atoms with van der Waals surface area (Å²) >= 11 is 0. The van der Waals surface area contributed by atoms with Crippen molar-refractivity contribution in [3.8, 4) is 0 Å². The van der Waals surface area contributed by atoms with Gasteiger partial charge in [-0.15, -0.1) is 0 Å². The molecule has 1 fully saturated rings. The Hall–Kier alpha value is -1.22. The van der Waals surface area contributed by atoms with Crippen LogP contribution in [-0.2, 0) is 6.54 Å². The second-order valence-electron chi connectivity index (χ2n) is 4.01. The molecule has 0 atom stereocenters. The maximum atomic E-state index is 10.6. The Morgan fingerprint density at radius 3 is 2.80 bits per heavy atom. The molecule has 2 rings (SSSR count). The first-order chi connectivity index (χ1) is 7.38. The number of rotatable bonds is 3.